The molecule has 3 aromatic rings. The number of nitro benzene ring substituents is 1. The molecular formula is C23H16N4O3S2. The van der Waals surface area contributed by atoms with Gasteiger partial charge in [-0.25, -0.2) is 0 Å². The van der Waals surface area contributed by atoms with Gasteiger partial charge in [-0.1, -0.05) is 72.5 Å². The Labute approximate surface area is 193 Å². The summed E-state index contributed by atoms with van der Waals surface area (Å²) < 4.78 is -0.773. The lowest BCUT2D eigenvalue weighted by Gasteiger charge is -2.33. The summed E-state index contributed by atoms with van der Waals surface area (Å²) in [6.45, 7) is 0. The average Bonchev–Trinajstić information content (AvgIpc) is 3.31. The number of thioether (sulfide) groups is 1. The summed E-state index contributed by atoms with van der Waals surface area (Å²) in [5, 5.41) is 20.7. The number of hydrogen-bond donors (Lipinski definition) is 1. The van der Waals surface area contributed by atoms with Gasteiger partial charge in [0.25, 0.3) is 11.6 Å². The molecule has 3 aromatic carbocycles. The summed E-state index contributed by atoms with van der Waals surface area (Å²) in [4.78, 5) is 24.2. The maximum atomic E-state index is 13.5. The monoisotopic (exact) mass is 460 g/mol. The Morgan fingerprint density at radius 2 is 1.62 bits per heavy atom. The van der Waals surface area contributed by atoms with Gasteiger partial charge < -0.3 is 5.32 Å². The highest BCUT2D eigenvalue weighted by Crippen LogP contribution is 2.53. The summed E-state index contributed by atoms with van der Waals surface area (Å²) >= 11 is 6.65. The molecule has 1 saturated heterocycles. The first-order chi connectivity index (χ1) is 15.5. The van der Waals surface area contributed by atoms with E-state index in [9.17, 15) is 14.9 Å². The molecule has 1 amide bonds. The van der Waals surface area contributed by atoms with Gasteiger partial charge in [-0.05, 0) is 35.4 Å². The molecule has 2 aliphatic heterocycles. The Morgan fingerprint density at radius 3 is 2.19 bits per heavy atom. The second kappa shape index (κ2) is 7.85. The van der Waals surface area contributed by atoms with Crippen LogP contribution in [0.3, 0.4) is 0 Å². The fraction of sp³-hybridized carbons (Fsp3) is 0.0870. The predicted molar refractivity (Wildman–Crippen MR) is 129 cm³/mol. The summed E-state index contributed by atoms with van der Waals surface area (Å²) in [5.41, 5.74) is 2.90. The van der Waals surface area contributed by atoms with Gasteiger partial charge in [0.1, 0.15) is 10.4 Å². The maximum Gasteiger partial charge on any atom is 0.269 e. The van der Waals surface area contributed by atoms with Gasteiger partial charge in [0.15, 0.2) is 4.75 Å². The molecule has 32 heavy (non-hydrogen) atoms. The SMILES string of the molecule is O=C1NC(=S)SC12C(c1ccccc1)=NN(c1ccccc1)C2c1ccc([N+](=O)[O-])cc1. The van der Waals surface area contributed by atoms with E-state index in [1.54, 1.807) is 12.1 Å². The first-order valence-corrected chi connectivity index (χ1v) is 11.0. The Hall–Kier alpha value is -3.56. The van der Waals surface area contributed by atoms with E-state index in [2.05, 4.69) is 5.32 Å². The summed E-state index contributed by atoms with van der Waals surface area (Å²) in [6.07, 6.45) is 0. The number of hydrazone groups is 1. The minimum absolute atomic E-state index is 0.0182. The zero-order chi connectivity index (χ0) is 22.3. The lowest BCUT2D eigenvalue weighted by Crippen LogP contribution is -2.48. The van der Waals surface area contributed by atoms with Crippen LogP contribution < -0.4 is 10.3 Å². The quantitative estimate of drug-likeness (QED) is 0.352. The van der Waals surface area contributed by atoms with Gasteiger partial charge in [-0.2, -0.15) is 5.10 Å². The van der Waals surface area contributed by atoms with Crippen LogP contribution in [0.2, 0.25) is 0 Å². The van der Waals surface area contributed by atoms with Crippen LogP contribution in [-0.2, 0) is 4.79 Å². The molecular weight excluding hydrogens is 444 g/mol. The molecule has 2 atom stereocenters. The van der Waals surface area contributed by atoms with Crippen LogP contribution in [0.5, 0.6) is 0 Å². The molecule has 1 fully saturated rings. The standard InChI is InChI=1S/C23H16N4O3S2/c28-21-23(32-22(31)24-21)19(15-7-3-1-4-8-15)25-26(17-9-5-2-6-10-17)20(23)16-11-13-18(14-12-16)27(29)30/h1-14,20H,(H,24,28,31). The van der Waals surface area contributed by atoms with Crippen molar-refractivity contribution in [3.8, 4) is 0 Å². The molecule has 2 aliphatic rings. The highest BCUT2D eigenvalue weighted by molar-refractivity contribution is 8.25. The summed E-state index contributed by atoms with van der Waals surface area (Å²) in [6, 6.07) is 24.8. The minimum Gasteiger partial charge on any atom is -0.310 e. The van der Waals surface area contributed by atoms with Gasteiger partial charge in [0.2, 0.25) is 0 Å². The molecule has 5 rings (SSSR count). The van der Waals surface area contributed by atoms with Gasteiger partial charge in [0, 0.05) is 12.1 Å². The van der Waals surface area contributed by atoms with Crippen LogP contribution in [-0.4, -0.2) is 25.6 Å². The van der Waals surface area contributed by atoms with E-state index < -0.39 is 15.7 Å². The van der Waals surface area contributed by atoms with E-state index in [0.29, 0.717) is 10.0 Å². The lowest BCUT2D eigenvalue weighted by atomic mass is 9.85. The molecule has 1 spiro atoms. The Kier molecular flexibility index (Phi) is 4.99. The highest BCUT2D eigenvalue weighted by Gasteiger charge is 2.62. The Bertz CT molecular complexity index is 1250. The first kappa shape index (κ1) is 20.3. The molecule has 0 saturated carbocycles. The van der Waals surface area contributed by atoms with Crippen molar-refractivity contribution < 1.29 is 9.72 Å². The summed E-state index contributed by atoms with van der Waals surface area (Å²) in [5.74, 6) is -0.253. The molecule has 0 aromatic heterocycles. The Morgan fingerprint density at radius 1 is 1.00 bits per heavy atom. The number of rotatable bonds is 4. The number of carbonyl (C=O) groups is 1. The third-order valence-corrected chi connectivity index (χ3v) is 7.05. The molecule has 2 unspecified atom stereocenters. The van der Waals surface area contributed by atoms with Gasteiger partial charge >= 0.3 is 0 Å². The van der Waals surface area contributed by atoms with E-state index in [-0.39, 0.29) is 11.6 Å². The second-order valence-electron chi connectivity index (χ2n) is 7.33. The van der Waals surface area contributed by atoms with Crippen molar-refractivity contribution in [2.45, 2.75) is 10.8 Å². The molecule has 2 heterocycles. The number of non-ortho nitro benzene ring substituents is 1. The molecule has 0 radical (unpaired) electrons. The number of benzene rings is 3. The summed E-state index contributed by atoms with van der Waals surface area (Å²) in [7, 11) is 0. The number of carbonyl (C=O) groups excluding carboxylic acids is 1. The van der Waals surface area contributed by atoms with E-state index >= 15 is 0 Å². The molecule has 7 nitrogen and oxygen atoms in total. The number of para-hydroxylation sites is 1. The van der Waals surface area contributed by atoms with Crippen LogP contribution in [0.4, 0.5) is 11.4 Å². The minimum atomic E-state index is -1.15. The third-order valence-electron chi connectivity index (χ3n) is 5.48. The molecule has 0 aliphatic carbocycles. The fourth-order valence-electron chi connectivity index (χ4n) is 4.09. The third kappa shape index (κ3) is 3.17. The van der Waals surface area contributed by atoms with E-state index in [0.717, 1.165) is 16.8 Å². The maximum absolute atomic E-state index is 13.5. The van der Waals surface area contributed by atoms with Crippen LogP contribution in [0.1, 0.15) is 17.2 Å². The Balaban J connectivity index is 1.75. The van der Waals surface area contributed by atoms with E-state index in [1.165, 1.54) is 23.9 Å². The van der Waals surface area contributed by atoms with Crippen LogP contribution in [0.25, 0.3) is 0 Å². The number of hydrogen-bond acceptors (Lipinski definition) is 7. The fourth-order valence-corrected chi connectivity index (χ4v) is 5.76. The second-order valence-corrected chi connectivity index (χ2v) is 9.25. The number of thiocarbonyl (C=S) groups is 1. The van der Waals surface area contributed by atoms with Crippen molar-refractivity contribution in [3.05, 3.63) is 106 Å². The van der Waals surface area contributed by atoms with Crippen molar-refractivity contribution in [2.75, 3.05) is 5.01 Å². The largest absolute Gasteiger partial charge is 0.310 e. The highest BCUT2D eigenvalue weighted by atomic mass is 32.2. The van der Waals surface area contributed by atoms with Crippen LogP contribution in [0.15, 0.2) is 90.0 Å². The van der Waals surface area contributed by atoms with Crippen LogP contribution in [0, 0.1) is 10.1 Å². The molecule has 0 bridgehead atoms. The number of nitro groups is 1. The number of anilines is 1. The number of nitrogens with one attached hydrogen (secondary N) is 1. The zero-order valence-corrected chi connectivity index (χ0v) is 18.2. The molecule has 158 valence electrons. The van der Waals surface area contributed by atoms with Gasteiger partial charge in [-0.15, -0.1) is 0 Å². The van der Waals surface area contributed by atoms with Gasteiger partial charge in [0.05, 0.1) is 16.3 Å². The van der Waals surface area contributed by atoms with Crippen molar-refractivity contribution in [3.63, 3.8) is 0 Å². The molecule has 1 N–H and O–H groups in total. The predicted octanol–water partition coefficient (Wildman–Crippen LogP) is 4.45. The smallest absolute Gasteiger partial charge is 0.269 e. The number of amides is 1. The van der Waals surface area contributed by atoms with E-state index in [1.807, 2.05) is 65.7 Å². The number of nitrogens with zero attached hydrogens (tertiary/aromatic N) is 3. The normalized spacial score (nSPS) is 22.2. The van der Waals surface area contributed by atoms with Crippen LogP contribution >= 0.6 is 24.0 Å². The van der Waals surface area contributed by atoms with Gasteiger partial charge in [-0.3, -0.25) is 19.9 Å². The van der Waals surface area contributed by atoms with E-state index in [4.69, 9.17) is 17.3 Å². The zero-order valence-electron chi connectivity index (χ0n) is 16.5. The van der Waals surface area contributed by atoms with Crippen molar-refractivity contribution in [1.29, 1.82) is 0 Å². The average molecular weight is 461 g/mol. The topological polar surface area (TPSA) is 87.8 Å². The van der Waals surface area contributed by atoms with Crippen molar-refractivity contribution in [2.24, 2.45) is 5.10 Å². The lowest BCUT2D eigenvalue weighted by molar-refractivity contribution is -0.384. The van der Waals surface area contributed by atoms with Crippen molar-refractivity contribution in [1.82, 2.24) is 5.32 Å². The van der Waals surface area contributed by atoms with Crippen molar-refractivity contribution >= 4 is 51.3 Å². The molecule has 9 heteroatoms. The first-order valence-electron chi connectivity index (χ1n) is 9.78.